The first-order chi connectivity index (χ1) is 6.57. The number of rotatable bonds is 4. The number of hydrogen-bond donors (Lipinski definition) is 1. The van der Waals surface area contributed by atoms with Crippen molar-refractivity contribution in [3.8, 4) is 0 Å². The molecule has 0 aromatic carbocycles. The van der Waals surface area contributed by atoms with E-state index < -0.39 is 10.2 Å². The summed E-state index contributed by atoms with van der Waals surface area (Å²) < 4.78 is 29.2. The Morgan fingerprint density at radius 2 is 2.07 bits per heavy atom. The average Bonchev–Trinajstić information content (AvgIpc) is 2.77. The molecular weight excluding hydrogens is 204 g/mol. The van der Waals surface area contributed by atoms with Crippen molar-refractivity contribution in [3.05, 3.63) is 0 Å². The maximum absolute atomic E-state index is 11.3. The van der Waals surface area contributed by atoms with Crippen LogP contribution in [0.1, 0.15) is 19.3 Å². The minimum absolute atomic E-state index is 0.158. The molecule has 1 heterocycles. The fraction of sp³-hybridized carbons (Fsp3) is 1.00. The molecule has 0 spiro atoms. The second kappa shape index (κ2) is 3.77. The SMILES string of the molecule is NS(=O)(=O)N(CC1CCOC1)C1CC1. The Morgan fingerprint density at radius 1 is 1.36 bits per heavy atom. The molecule has 2 aliphatic rings. The first-order valence-corrected chi connectivity index (χ1v) is 6.45. The van der Waals surface area contributed by atoms with Crippen molar-refractivity contribution in [3.63, 3.8) is 0 Å². The summed E-state index contributed by atoms with van der Waals surface area (Å²) in [5, 5.41) is 5.16. The highest BCUT2D eigenvalue weighted by atomic mass is 32.2. The molecule has 14 heavy (non-hydrogen) atoms. The van der Waals surface area contributed by atoms with E-state index in [9.17, 15) is 8.42 Å². The van der Waals surface area contributed by atoms with Gasteiger partial charge in [-0.1, -0.05) is 0 Å². The fourth-order valence-corrected chi connectivity index (χ4v) is 2.85. The molecule has 6 heteroatoms. The number of hydrogen-bond acceptors (Lipinski definition) is 3. The van der Waals surface area contributed by atoms with Crippen LogP contribution in [0.3, 0.4) is 0 Å². The van der Waals surface area contributed by atoms with Gasteiger partial charge in [0.05, 0.1) is 6.61 Å². The molecule has 5 nitrogen and oxygen atoms in total. The highest BCUT2D eigenvalue weighted by Crippen LogP contribution is 2.30. The van der Waals surface area contributed by atoms with Crippen molar-refractivity contribution in [2.75, 3.05) is 19.8 Å². The number of nitrogens with two attached hydrogens (primary N) is 1. The highest BCUT2D eigenvalue weighted by molar-refractivity contribution is 7.86. The topological polar surface area (TPSA) is 72.6 Å². The zero-order valence-electron chi connectivity index (χ0n) is 8.05. The van der Waals surface area contributed by atoms with Gasteiger partial charge in [-0.05, 0) is 25.2 Å². The summed E-state index contributed by atoms with van der Waals surface area (Å²) >= 11 is 0. The fourth-order valence-electron chi connectivity index (χ4n) is 1.81. The minimum atomic E-state index is -3.51. The van der Waals surface area contributed by atoms with Crippen molar-refractivity contribution in [1.82, 2.24) is 4.31 Å². The third-order valence-corrected chi connectivity index (χ3v) is 3.84. The van der Waals surface area contributed by atoms with E-state index in [-0.39, 0.29) is 6.04 Å². The Morgan fingerprint density at radius 3 is 2.50 bits per heavy atom. The van der Waals surface area contributed by atoms with E-state index in [2.05, 4.69) is 0 Å². The first-order valence-electron chi connectivity index (χ1n) is 4.94. The lowest BCUT2D eigenvalue weighted by molar-refractivity contribution is 0.180. The van der Waals surface area contributed by atoms with Gasteiger partial charge in [0.25, 0.3) is 10.2 Å². The summed E-state index contributed by atoms with van der Waals surface area (Å²) in [6.45, 7) is 1.94. The summed E-state index contributed by atoms with van der Waals surface area (Å²) in [5.41, 5.74) is 0. The molecule has 0 aromatic rings. The first kappa shape index (κ1) is 10.4. The Hall–Kier alpha value is -0.170. The van der Waals surface area contributed by atoms with Crippen LogP contribution in [0.25, 0.3) is 0 Å². The van der Waals surface area contributed by atoms with Crippen molar-refractivity contribution in [2.45, 2.75) is 25.3 Å². The molecule has 0 bridgehead atoms. The van der Waals surface area contributed by atoms with Gasteiger partial charge in [0.15, 0.2) is 0 Å². The normalized spacial score (nSPS) is 28.6. The number of nitrogens with zero attached hydrogens (tertiary/aromatic N) is 1. The molecular formula is C8H16N2O3S. The average molecular weight is 220 g/mol. The van der Waals surface area contributed by atoms with Crippen LogP contribution in [0.5, 0.6) is 0 Å². The van der Waals surface area contributed by atoms with E-state index in [1.54, 1.807) is 0 Å². The monoisotopic (exact) mass is 220 g/mol. The van der Waals surface area contributed by atoms with Crippen LogP contribution in [0.2, 0.25) is 0 Å². The standard InChI is InChI=1S/C8H16N2O3S/c9-14(11,12)10(8-1-2-8)5-7-3-4-13-6-7/h7-8H,1-6H2,(H2,9,11,12). The lowest BCUT2D eigenvalue weighted by Gasteiger charge is -2.21. The molecule has 1 saturated heterocycles. The quantitative estimate of drug-likeness (QED) is 0.706. The molecule has 1 atom stereocenters. The predicted molar refractivity (Wildman–Crippen MR) is 51.8 cm³/mol. The molecule has 0 radical (unpaired) electrons. The molecule has 2 fully saturated rings. The molecule has 1 aliphatic carbocycles. The maximum Gasteiger partial charge on any atom is 0.277 e. The minimum Gasteiger partial charge on any atom is -0.381 e. The van der Waals surface area contributed by atoms with E-state index >= 15 is 0 Å². The van der Waals surface area contributed by atoms with Crippen LogP contribution in [-0.2, 0) is 14.9 Å². The van der Waals surface area contributed by atoms with E-state index in [1.807, 2.05) is 0 Å². The van der Waals surface area contributed by atoms with Gasteiger partial charge >= 0.3 is 0 Å². The highest BCUT2D eigenvalue weighted by Gasteiger charge is 2.37. The molecule has 1 saturated carbocycles. The van der Waals surface area contributed by atoms with E-state index in [0.29, 0.717) is 19.1 Å². The second-order valence-electron chi connectivity index (χ2n) is 4.08. The lowest BCUT2D eigenvalue weighted by Crippen LogP contribution is -2.41. The zero-order chi connectivity index (χ0) is 10.2. The van der Waals surface area contributed by atoms with Crippen LogP contribution < -0.4 is 5.14 Å². The predicted octanol–water partition coefficient (Wildman–Crippen LogP) is -0.309. The van der Waals surface area contributed by atoms with Gasteiger partial charge in [-0.2, -0.15) is 12.7 Å². The summed E-state index contributed by atoms with van der Waals surface area (Å²) in [5.74, 6) is 0.328. The van der Waals surface area contributed by atoms with Gasteiger partial charge in [-0.25, -0.2) is 5.14 Å². The molecule has 2 rings (SSSR count). The van der Waals surface area contributed by atoms with Crippen LogP contribution in [0.4, 0.5) is 0 Å². The van der Waals surface area contributed by atoms with Crippen LogP contribution in [0.15, 0.2) is 0 Å². The zero-order valence-corrected chi connectivity index (χ0v) is 8.87. The van der Waals surface area contributed by atoms with Crippen molar-refractivity contribution < 1.29 is 13.2 Å². The second-order valence-corrected chi connectivity index (χ2v) is 5.57. The Kier molecular flexibility index (Phi) is 2.79. The smallest absolute Gasteiger partial charge is 0.277 e. The van der Waals surface area contributed by atoms with Crippen LogP contribution in [-0.4, -0.2) is 38.5 Å². The lowest BCUT2D eigenvalue weighted by atomic mass is 10.1. The summed E-state index contributed by atoms with van der Waals surface area (Å²) in [7, 11) is -3.51. The van der Waals surface area contributed by atoms with Gasteiger partial charge < -0.3 is 4.74 Å². The number of ether oxygens (including phenoxy) is 1. The summed E-state index contributed by atoms with van der Waals surface area (Å²) in [6, 6.07) is 0.158. The Balaban J connectivity index is 1.96. The van der Waals surface area contributed by atoms with Gasteiger partial charge in [0.1, 0.15) is 0 Å². The van der Waals surface area contributed by atoms with Gasteiger partial charge in [0.2, 0.25) is 0 Å². The molecule has 1 unspecified atom stereocenters. The Labute approximate surface area is 84.4 Å². The van der Waals surface area contributed by atoms with Gasteiger partial charge in [0, 0.05) is 19.2 Å². The van der Waals surface area contributed by atoms with Crippen LogP contribution >= 0.6 is 0 Å². The largest absolute Gasteiger partial charge is 0.381 e. The van der Waals surface area contributed by atoms with E-state index in [0.717, 1.165) is 25.9 Å². The molecule has 2 N–H and O–H groups in total. The molecule has 1 aliphatic heterocycles. The van der Waals surface area contributed by atoms with Crippen molar-refractivity contribution in [2.24, 2.45) is 11.1 Å². The van der Waals surface area contributed by atoms with Crippen molar-refractivity contribution in [1.29, 1.82) is 0 Å². The van der Waals surface area contributed by atoms with Crippen molar-refractivity contribution >= 4 is 10.2 Å². The molecule has 82 valence electrons. The third kappa shape index (κ3) is 2.44. The maximum atomic E-state index is 11.3. The molecule has 0 amide bonds. The third-order valence-electron chi connectivity index (χ3n) is 2.74. The van der Waals surface area contributed by atoms with Crippen LogP contribution in [0, 0.1) is 5.92 Å². The Bertz CT molecular complexity index is 294. The van der Waals surface area contributed by atoms with Gasteiger partial charge in [-0.3, -0.25) is 0 Å². The molecule has 0 aromatic heterocycles. The summed E-state index contributed by atoms with van der Waals surface area (Å²) in [6.07, 6.45) is 2.84. The summed E-state index contributed by atoms with van der Waals surface area (Å²) in [4.78, 5) is 0. The van der Waals surface area contributed by atoms with Gasteiger partial charge in [-0.15, -0.1) is 0 Å². The van der Waals surface area contributed by atoms with E-state index in [4.69, 9.17) is 9.88 Å². The van der Waals surface area contributed by atoms with E-state index in [1.165, 1.54) is 4.31 Å².